The number of carboxylic acid groups (broad SMARTS) is 2. The number of benzene rings is 4. The van der Waals surface area contributed by atoms with Crippen LogP contribution < -0.4 is 9.47 Å². The number of carbonyl (C=O) groups excluding carboxylic acids is 1. The lowest BCUT2D eigenvalue weighted by Crippen LogP contribution is -2.40. The molecule has 2 heterocycles. The van der Waals surface area contributed by atoms with Crippen LogP contribution in [0.25, 0.3) is 32.8 Å². The summed E-state index contributed by atoms with van der Waals surface area (Å²) in [5, 5.41) is 21.7. The van der Waals surface area contributed by atoms with Gasteiger partial charge in [0.15, 0.2) is 0 Å². The molecule has 6 rings (SSSR count). The molecule has 0 radical (unpaired) electrons. The van der Waals surface area contributed by atoms with Crippen molar-refractivity contribution in [3.8, 4) is 22.8 Å². The van der Waals surface area contributed by atoms with Crippen LogP contribution in [0.4, 0.5) is 4.79 Å². The average Bonchev–Trinajstić information content (AvgIpc) is 3.39. The molecule has 1 saturated heterocycles. The molecular weight excluding hydrogens is 572 g/mol. The van der Waals surface area contributed by atoms with Crippen molar-refractivity contribution in [1.82, 2.24) is 9.88 Å². The minimum Gasteiger partial charge on any atom is -0.493 e. The predicted molar refractivity (Wildman–Crippen MR) is 171 cm³/mol. The second-order valence-corrected chi connectivity index (χ2v) is 11.4. The first kappa shape index (κ1) is 29.7. The third kappa shape index (κ3) is 6.20. The first-order valence-electron chi connectivity index (χ1n) is 15.1. The lowest BCUT2D eigenvalue weighted by molar-refractivity contribution is -0.143. The van der Waals surface area contributed by atoms with Crippen LogP contribution in [-0.2, 0) is 11.2 Å². The van der Waals surface area contributed by atoms with Crippen LogP contribution in [0.2, 0.25) is 0 Å². The number of hydrogen-bond acceptors (Lipinski definition) is 5. The maximum Gasteiger partial charge on any atom is 0.512 e. The largest absolute Gasteiger partial charge is 0.512 e. The smallest absolute Gasteiger partial charge is 0.493 e. The summed E-state index contributed by atoms with van der Waals surface area (Å²) in [5.74, 6) is -0.342. The van der Waals surface area contributed by atoms with Crippen molar-refractivity contribution >= 4 is 39.7 Å². The number of aromatic nitrogens is 1. The van der Waals surface area contributed by atoms with Crippen molar-refractivity contribution in [2.75, 3.05) is 19.7 Å². The van der Waals surface area contributed by atoms with Gasteiger partial charge >= 0.3 is 12.1 Å². The minimum absolute atomic E-state index is 0.114. The maximum atomic E-state index is 13.2. The highest BCUT2D eigenvalue weighted by molar-refractivity contribution is 6.00. The summed E-state index contributed by atoms with van der Waals surface area (Å²) < 4.78 is 11.3. The Balaban J connectivity index is 1.22. The van der Waals surface area contributed by atoms with Gasteiger partial charge < -0.3 is 29.6 Å². The number of carboxylic acids is 1. The van der Waals surface area contributed by atoms with Gasteiger partial charge in [0, 0.05) is 40.6 Å². The van der Waals surface area contributed by atoms with Gasteiger partial charge in [-0.05, 0) is 67.3 Å². The van der Waals surface area contributed by atoms with Gasteiger partial charge in [-0.1, -0.05) is 60.7 Å². The summed E-state index contributed by atoms with van der Waals surface area (Å²) >= 11 is 0. The van der Waals surface area contributed by atoms with Crippen molar-refractivity contribution in [2.24, 2.45) is 5.92 Å². The van der Waals surface area contributed by atoms with Gasteiger partial charge in [-0.15, -0.1) is 0 Å². The quantitative estimate of drug-likeness (QED) is 0.119. The minimum atomic E-state index is -1.40. The number of nitrogens with zero attached hydrogens (tertiary/aromatic N) is 1. The fraction of sp³-hybridized carbons (Fsp3) is 0.250. The highest BCUT2D eigenvalue weighted by Gasteiger charge is 2.28. The molecule has 0 atom stereocenters. The van der Waals surface area contributed by atoms with E-state index in [1.807, 2.05) is 79.7 Å². The maximum absolute atomic E-state index is 13.2. The number of H-pyrrole nitrogens is 1. The Morgan fingerprint density at radius 2 is 1.62 bits per heavy atom. The van der Waals surface area contributed by atoms with Gasteiger partial charge in [0.2, 0.25) is 5.88 Å². The Kier molecular flexibility index (Phi) is 8.42. The number of piperidine rings is 1. The van der Waals surface area contributed by atoms with Gasteiger partial charge in [0.25, 0.3) is 5.91 Å². The molecule has 5 aromatic rings. The molecule has 230 valence electrons. The van der Waals surface area contributed by atoms with Crippen LogP contribution in [0, 0.1) is 12.8 Å². The molecule has 0 saturated carbocycles. The number of likely N-dealkylation sites (tertiary alicyclic amines) is 1. The number of aromatic amines is 1. The van der Waals surface area contributed by atoms with Crippen molar-refractivity contribution in [3.63, 3.8) is 0 Å². The molecule has 9 nitrogen and oxygen atoms in total. The van der Waals surface area contributed by atoms with Crippen molar-refractivity contribution in [2.45, 2.75) is 32.6 Å². The van der Waals surface area contributed by atoms with Crippen LogP contribution in [-0.4, -0.2) is 57.8 Å². The molecule has 1 fully saturated rings. The van der Waals surface area contributed by atoms with Gasteiger partial charge in [0.05, 0.1) is 18.0 Å². The Bertz CT molecular complexity index is 1900. The van der Waals surface area contributed by atoms with Gasteiger partial charge in [-0.25, -0.2) is 4.79 Å². The van der Waals surface area contributed by atoms with E-state index in [-0.39, 0.29) is 11.8 Å². The molecule has 0 spiro atoms. The number of para-hydroxylation sites is 1. The fourth-order valence-corrected chi connectivity index (χ4v) is 6.26. The Hall–Kier alpha value is -5.31. The second-order valence-electron chi connectivity index (χ2n) is 11.4. The zero-order chi connectivity index (χ0) is 31.5. The van der Waals surface area contributed by atoms with Crippen molar-refractivity contribution < 1.29 is 34.1 Å². The summed E-state index contributed by atoms with van der Waals surface area (Å²) in [6.07, 6.45) is 0.664. The first-order valence-corrected chi connectivity index (χ1v) is 15.1. The first-order chi connectivity index (χ1) is 21.8. The standard InChI is InChI=1S/C36H34N2O7/c1-22-21-25(34(39)38-18-16-24(17-19-38)35(40)41)14-15-26(22)28-10-5-11-29-30(33(37-32(28)29)45-36(42)43)12-6-20-44-31-13-4-8-23-7-2-3-9-27(23)31/h2-5,7-11,13-15,21,24,37H,6,12,16-20H2,1H3,(H,40,41)(H,42,43). The molecule has 3 N–H and O–H groups in total. The molecular formula is C36H34N2O7. The topological polar surface area (TPSA) is 129 Å². The molecule has 1 aliphatic rings. The molecule has 1 aliphatic heterocycles. The van der Waals surface area contributed by atoms with Crippen LogP contribution in [0.3, 0.4) is 0 Å². The number of amides is 1. The van der Waals surface area contributed by atoms with Crippen molar-refractivity contribution in [3.05, 3.63) is 95.6 Å². The Morgan fingerprint density at radius 1 is 0.889 bits per heavy atom. The molecule has 4 aromatic carbocycles. The van der Waals surface area contributed by atoms with E-state index in [2.05, 4.69) is 4.98 Å². The number of nitrogens with one attached hydrogen (secondary N) is 1. The second kappa shape index (κ2) is 12.7. The molecule has 0 bridgehead atoms. The molecule has 45 heavy (non-hydrogen) atoms. The number of fused-ring (bicyclic) bond motifs is 2. The van der Waals surface area contributed by atoms with E-state index in [0.717, 1.165) is 49.7 Å². The van der Waals surface area contributed by atoms with Crippen LogP contribution >= 0.6 is 0 Å². The summed E-state index contributed by atoms with van der Waals surface area (Å²) in [5.41, 5.74) is 4.69. The molecule has 9 heteroatoms. The fourth-order valence-electron chi connectivity index (χ4n) is 6.26. The van der Waals surface area contributed by atoms with Crippen LogP contribution in [0.1, 0.15) is 40.7 Å². The molecule has 1 amide bonds. The van der Waals surface area contributed by atoms with E-state index in [0.29, 0.717) is 50.9 Å². The van der Waals surface area contributed by atoms with Crippen molar-refractivity contribution in [1.29, 1.82) is 0 Å². The lowest BCUT2D eigenvalue weighted by atomic mass is 9.94. The number of carbonyl (C=O) groups is 3. The summed E-state index contributed by atoms with van der Waals surface area (Å²) in [6, 6.07) is 25.4. The lowest BCUT2D eigenvalue weighted by Gasteiger charge is -2.30. The van der Waals surface area contributed by atoms with Gasteiger partial charge in [0.1, 0.15) is 5.75 Å². The monoisotopic (exact) mass is 606 g/mol. The van der Waals surface area contributed by atoms with E-state index in [1.165, 1.54) is 0 Å². The zero-order valence-electron chi connectivity index (χ0n) is 24.9. The van der Waals surface area contributed by atoms with E-state index < -0.39 is 18.0 Å². The summed E-state index contributed by atoms with van der Waals surface area (Å²) in [4.78, 5) is 41.0. The highest BCUT2D eigenvalue weighted by atomic mass is 16.7. The number of aliphatic carboxylic acids is 1. The van der Waals surface area contributed by atoms with E-state index in [9.17, 15) is 24.6 Å². The SMILES string of the molecule is Cc1cc(C(=O)N2CCC(C(=O)O)CC2)ccc1-c1cccc2c(CCCOc3cccc4ccccc34)c(OC(=O)O)[nH]c12. The van der Waals surface area contributed by atoms with E-state index in [4.69, 9.17) is 9.47 Å². The Labute approximate surface area is 260 Å². The number of hydrogen-bond donors (Lipinski definition) is 3. The molecule has 0 aliphatic carbocycles. The molecule has 0 unspecified atom stereocenters. The zero-order valence-corrected chi connectivity index (χ0v) is 24.9. The number of aryl methyl sites for hydroxylation is 2. The third-order valence-corrected chi connectivity index (χ3v) is 8.56. The molecule has 1 aromatic heterocycles. The number of ether oxygens (including phenoxy) is 2. The third-order valence-electron chi connectivity index (χ3n) is 8.56. The van der Waals surface area contributed by atoms with E-state index >= 15 is 0 Å². The van der Waals surface area contributed by atoms with Gasteiger partial charge in [-0.2, -0.15) is 0 Å². The predicted octanol–water partition coefficient (Wildman–Crippen LogP) is 7.30. The van der Waals surface area contributed by atoms with Crippen LogP contribution in [0.5, 0.6) is 11.6 Å². The van der Waals surface area contributed by atoms with E-state index in [1.54, 1.807) is 11.0 Å². The summed E-state index contributed by atoms with van der Waals surface area (Å²) in [6.45, 7) is 3.21. The van der Waals surface area contributed by atoms with Gasteiger partial charge in [-0.3, -0.25) is 9.59 Å². The highest BCUT2D eigenvalue weighted by Crippen LogP contribution is 2.37. The average molecular weight is 607 g/mol. The van der Waals surface area contributed by atoms with Crippen LogP contribution in [0.15, 0.2) is 78.9 Å². The normalized spacial score (nSPS) is 13.7. The number of rotatable bonds is 9. The summed E-state index contributed by atoms with van der Waals surface area (Å²) in [7, 11) is 0. The Morgan fingerprint density at radius 3 is 2.38 bits per heavy atom.